The molecule has 0 bridgehead atoms. The normalized spacial score (nSPS) is 20.7. The third-order valence-electron chi connectivity index (χ3n) is 14.2. The zero-order valence-corrected chi connectivity index (χ0v) is 38.0. The van der Waals surface area contributed by atoms with Crippen LogP contribution in [0.25, 0.3) is 16.6 Å². The van der Waals surface area contributed by atoms with Crippen molar-refractivity contribution in [1.29, 1.82) is 0 Å². The summed E-state index contributed by atoms with van der Waals surface area (Å²) in [5, 5.41) is 5.13. The Balaban J connectivity index is 0.903. The van der Waals surface area contributed by atoms with Crippen molar-refractivity contribution in [2.24, 2.45) is 11.3 Å². The summed E-state index contributed by atoms with van der Waals surface area (Å²) in [6.45, 7) is 7.01. The second kappa shape index (κ2) is 18.7. The summed E-state index contributed by atoms with van der Waals surface area (Å²) in [6, 6.07) is 22.4. The number of amides is 1. The van der Waals surface area contributed by atoms with E-state index in [2.05, 4.69) is 41.9 Å². The van der Waals surface area contributed by atoms with Crippen molar-refractivity contribution in [3.63, 3.8) is 0 Å². The minimum atomic E-state index is -4.22. The number of pyridine rings is 1. The lowest BCUT2D eigenvalue weighted by Gasteiger charge is -2.41. The van der Waals surface area contributed by atoms with Crippen molar-refractivity contribution in [2.45, 2.75) is 88.6 Å². The summed E-state index contributed by atoms with van der Waals surface area (Å²) in [6.07, 6.45) is 16.9. The van der Waals surface area contributed by atoms with Crippen molar-refractivity contribution in [1.82, 2.24) is 19.6 Å². The van der Waals surface area contributed by atoms with E-state index in [0.717, 1.165) is 98.7 Å². The average molecular weight is 892 g/mol. The second-order valence-corrected chi connectivity index (χ2v) is 20.4. The molecule has 0 unspecified atom stereocenters. The molecule has 2 aromatic heterocycles. The van der Waals surface area contributed by atoms with E-state index in [4.69, 9.17) is 21.1 Å². The monoisotopic (exact) mass is 890 g/mol. The van der Waals surface area contributed by atoms with Gasteiger partial charge in [0.1, 0.15) is 17.1 Å². The highest BCUT2D eigenvalue weighted by atomic mass is 35.5. The number of allylic oxidation sites excluding steroid dienone is 1. The standard InChI is InChI=1S/C50H59ClN6O5S/c1-34-27-43(14-16-46(34)53-31-35-5-12-41(61-2)13-6-35)63(59,60)55-49(58)45-15-11-40(29-47(45)62-42-28-37-18-22-52-48(37)54-32-42)57-25-23-56(24-26-57)33-38-30-50(19-3-4-20-50)21-17-44(38)36-7-9-39(51)10-8-36/h7-11,14-16,18,22,27-29,32,35,41,53H,3-6,12-13,17,19-21,23-26,30-31,33H2,1-2H3,(H,52,54)(H,55,58). The number of aromatic nitrogens is 2. The third kappa shape index (κ3) is 9.94. The van der Waals surface area contributed by atoms with Gasteiger partial charge in [0, 0.05) is 80.4 Å². The SMILES string of the molecule is COC1CCC(CNc2ccc(S(=O)(=O)NC(=O)c3ccc(N4CCN(CC5=C(c6ccc(Cl)cc6)CCC6(CCCC6)C5)CC4)cc3Oc3cnc4[nH]ccc4c3)cc2C)CC1. The van der Waals surface area contributed by atoms with Crippen LogP contribution in [0.5, 0.6) is 11.5 Å². The smallest absolute Gasteiger partial charge is 0.268 e. The fourth-order valence-electron chi connectivity index (χ4n) is 10.5. The summed E-state index contributed by atoms with van der Waals surface area (Å²) in [4.78, 5) is 26.5. The molecule has 1 aliphatic heterocycles. The Hall–Kier alpha value is -4.88. The van der Waals surface area contributed by atoms with E-state index in [9.17, 15) is 13.2 Å². The number of hydrogen-bond donors (Lipinski definition) is 3. The van der Waals surface area contributed by atoms with Crippen molar-refractivity contribution >= 4 is 55.5 Å². The molecule has 3 aliphatic carbocycles. The number of piperazine rings is 1. The molecule has 1 amide bonds. The number of sulfonamides is 1. The van der Waals surface area contributed by atoms with Crippen LogP contribution in [0.1, 0.15) is 92.1 Å². The van der Waals surface area contributed by atoms with Gasteiger partial charge >= 0.3 is 0 Å². The number of aryl methyl sites for hydroxylation is 1. The summed E-state index contributed by atoms with van der Waals surface area (Å²) in [7, 11) is -2.45. The van der Waals surface area contributed by atoms with Crippen molar-refractivity contribution in [2.75, 3.05) is 56.6 Å². The summed E-state index contributed by atoms with van der Waals surface area (Å²) < 4.78 is 41.8. The van der Waals surface area contributed by atoms with Crippen LogP contribution in [0.4, 0.5) is 11.4 Å². The molecular formula is C50H59ClN6O5S. The summed E-state index contributed by atoms with van der Waals surface area (Å²) in [5.41, 5.74) is 8.19. The van der Waals surface area contributed by atoms with Gasteiger partial charge < -0.3 is 24.7 Å². The maximum absolute atomic E-state index is 14.0. The number of rotatable bonds is 13. The number of hydrogen-bond acceptors (Lipinski definition) is 9. The van der Waals surface area contributed by atoms with Crippen LogP contribution < -0.4 is 19.7 Å². The number of methoxy groups -OCH3 is 1. The molecule has 0 atom stereocenters. The third-order valence-corrected chi connectivity index (χ3v) is 15.8. The first-order valence-corrected chi connectivity index (χ1v) is 24.5. The summed E-state index contributed by atoms with van der Waals surface area (Å²) >= 11 is 6.30. The molecule has 4 aliphatic rings. The highest BCUT2D eigenvalue weighted by molar-refractivity contribution is 7.90. The van der Waals surface area contributed by atoms with Crippen LogP contribution in [0.15, 0.2) is 95.7 Å². The summed E-state index contributed by atoms with van der Waals surface area (Å²) in [5.74, 6) is 0.441. The van der Waals surface area contributed by atoms with Crippen molar-refractivity contribution in [3.05, 3.63) is 112 Å². The number of carbonyl (C=O) groups is 1. The highest BCUT2D eigenvalue weighted by Crippen LogP contribution is 2.52. The lowest BCUT2D eigenvalue weighted by atomic mass is 9.69. The van der Waals surface area contributed by atoms with Crippen LogP contribution in [-0.4, -0.2) is 81.7 Å². The number of ether oxygens (including phenoxy) is 2. The van der Waals surface area contributed by atoms with Gasteiger partial charge in [-0.1, -0.05) is 42.1 Å². The fraction of sp³-hybridized carbons (Fsp3) is 0.440. The quantitative estimate of drug-likeness (QED) is 0.106. The van der Waals surface area contributed by atoms with Crippen molar-refractivity contribution in [3.8, 4) is 11.5 Å². The van der Waals surface area contributed by atoms with E-state index < -0.39 is 15.9 Å². The molecule has 9 rings (SSSR count). The first-order chi connectivity index (χ1) is 30.5. The maximum Gasteiger partial charge on any atom is 0.268 e. The van der Waals surface area contributed by atoms with Crippen LogP contribution in [0.3, 0.4) is 0 Å². The number of H-pyrrole nitrogens is 1. The topological polar surface area (TPSA) is 129 Å². The number of nitrogens with zero attached hydrogens (tertiary/aromatic N) is 3. The number of halogens is 1. The van der Waals surface area contributed by atoms with Crippen LogP contribution in [-0.2, 0) is 14.8 Å². The molecule has 3 aromatic carbocycles. The minimum absolute atomic E-state index is 0.0151. The molecule has 332 valence electrons. The number of anilines is 2. The fourth-order valence-corrected chi connectivity index (χ4v) is 11.7. The lowest BCUT2D eigenvalue weighted by Crippen LogP contribution is -2.47. The molecule has 63 heavy (non-hydrogen) atoms. The molecule has 5 aromatic rings. The molecule has 11 nitrogen and oxygen atoms in total. The van der Waals surface area contributed by atoms with E-state index in [0.29, 0.717) is 28.8 Å². The molecule has 1 spiro atoms. The minimum Gasteiger partial charge on any atom is -0.455 e. The Kier molecular flexibility index (Phi) is 12.9. The zero-order valence-electron chi connectivity index (χ0n) is 36.4. The van der Waals surface area contributed by atoms with Gasteiger partial charge in [-0.25, -0.2) is 18.1 Å². The first kappa shape index (κ1) is 43.4. The van der Waals surface area contributed by atoms with Gasteiger partial charge in [0.05, 0.1) is 22.8 Å². The predicted octanol–water partition coefficient (Wildman–Crippen LogP) is 10.4. The zero-order chi connectivity index (χ0) is 43.6. The van der Waals surface area contributed by atoms with Crippen LogP contribution in [0.2, 0.25) is 5.02 Å². The first-order valence-electron chi connectivity index (χ1n) is 22.7. The lowest BCUT2D eigenvalue weighted by molar-refractivity contribution is 0.0585. The van der Waals surface area contributed by atoms with Gasteiger partial charge in [-0.2, -0.15) is 0 Å². The predicted molar refractivity (Wildman–Crippen MR) is 251 cm³/mol. The van der Waals surface area contributed by atoms with Gasteiger partial charge in [0.15, 0.2) is 0 Å². The second-order valence-electron chi connectivity index (χ2n) is 18.3. The highest BCUT2D eigenvalue weighted by Gasteiger charge is 2.38. The van der Waals surface area contributed by atoms with E-state index in [-0.39, 0.29) is 16.2 Å². The van der Waals surface area contributed by atoms with E-state index in [1.807, 2.05) is 43.3 Å². The Labute approximate surface area is 376 Å². The molecular weight excluding hydrogens is 832 g/mol. The Morgan fingerprint density at radius 3 is 2.46 bits per heavy atom. The Bertz CT molecular complexity index is 2570. The molecule has 3 N–H and O–H groups in total. The number of carbonyl (C=O) groups excluding carboxylic acids is 1. The Morgan fingerprint density at radius 2 is 1.71 bits per heavy atom. The maximum atomic E-state index is 14.0. The molecule has 13 heteroatoms. The van der Waals surface area contributed by atoms with E-state index >= 15 is 0 Å². The van der Waals surface area contributed by atoms with Gasteiger partial charge in [0.25, 0.3) is 15.9 Å². The Morgan fingerprint density at radius 1 is 0.937 bits per heavy atom. The van der Waals surface area contributed by atoms with Gasteiger partial charge in [0.2, 0.25) is 0 Å². The van der Waals surface area contributed by atoms with E-state index in [1.54, 1.807) is 49.3 Å². The number of benzene rings is 3. The van der Waals surface area contributed by atoms with Gasteiger partial charge in [-0.05, 0) is 147 Å². The van der Waals surface area contributed by atoms with Crippen LogP contribution in [0, 0.1) is 18.3 Å². The molecule has 1 saturated heterocycles. The van der Waals surface area contributed by atoms with E-state index in [1.165, 1.54) is 49.7 Å². The molecule has 3 heterocycles. The average Bonchev–Trinajstić information content (AvgIpc) is 3.96. The van der Waals surface area contributed by atoms with Crippen molar-refractivity contribution < 1.29 is 22.7 Å². The number of aromatic amines is 1. The van der Waals surface area contributed by atoms with Gasteiger partial charge in [-0.15, -0.1) is 0 Å². The molecule has 3 fully saturated rings. The number of fused-ring (bicyclic) bond motifs is 1. The van der Waals surface area contributed by atoms with Crippen LogP contribution >= 0.6 is 11.6 Å². The molecule has 0 radical (unpaired) electrons. The largest absolute Gasteiger partial charge is 0.455 e. The number of nitrogens with one attached hydrogen (secondary N) is 3. The molecule has 2 saturated carbocycles. The van der Waals surface area contributed by atoms with Gasteiger partial charge in [-0.3, -0.25) is 9.69 Å².